The largest absolute Gasteiger partial charge is 0.310 e. The summed E-state index contributed by atoms with van der Waals surface area (Å²) in [7, 11) is 0. The van der Waals surface area contributed by atoms with Crippen LogP contribution in [0, 0.1) is 0 Å². The number of nitrogens with zero attached hydrogens (tertiary/aromatic N) is 2. The molecule has 10 aromatic carbocycles. The Morgan fingerprint density at radius 1 is 0.379 bits per heavy atom. The van der Waals surface area contributed by atoms with Gasteiger partial charge in [0.15, 0.2) is 0 Å². The maximum Gasteiger partial charge on any atom is 0.0714 e. The predicted octanol–water partition coefficient (Wildman–Crippen LogP) is 16.6. The zero-order valence-corrected chi connectivity index (χ0v) is 37.0. The maximum atomic E-state index is 2.55. The van der Waals surface area contributed by atoms with Crippen molar-refractivity contribution >= 4 is 38.9 Å². The summed E-state index contributed by atoms with van der Waals surface area (Å²) in [6.07, 6.45) is 0. The first kappa shape index (κ1) is 38.3. The molecular weight excluding hydrogens is 797 g/mol. The van der Waals surface area contributed by atoms with Crippen LogP contribution in [0.4, 0.5) is 17.1 Å². The van der Waals surface area contributed by atoms with Crippen LogP contribution in [0.1, 0.15) is 47.2 Å². The number of para-hydroxylation sites is 3. The molecule has 2 nitrogen and oxygen atoms in total. The second kappa shape index (κ2) is 14.7. The third kappa shape index (κ3) is 5.42. The van der Waals surface area contributed by atoms with Crippen molar-refractivity contribution in [2.24, 2.45) is 0 Å². The van der Waals surface area contributed by atoms with Crippen LogP contribution in [0.25, 0.3) is 60.9 Å². The average Bonchev–Trinajstić information content (AvgIpc) is 3.96. The second-order valence-corrected chi connectivity index (χ2v) is 18.4. The van der Waals surface area contributed by atoms with Crippen LogP contribution in [0.5, 0.6) is 0 Å². The highest BCUT2D eigenvalue weighted by Gasteiger charge is 2.48. The van der Waals surface area contributed by atoms with E-state index in [0.29, 0.717) is 0 Å². The van der Waals surface area contributed by atoms with E-state index in [1.807, 2.05) is 0 Å². The van der Waals surface area contributed by atoms with E-state index < -0.39 is 5.41 Å². The minimum Gasteiger partial charge on any atom is -0.310 e. The maximum absolute atomic E-state index is 2.55. The number of fused-ring (bicyclic) bond motifs is 10. The molecule has 0 N–H and O–H groups in total. The number of hydrogen-bond acceptors (Lipinski definition) is 1. The van der Waals surface area contributed by atoms with E-state index in [4.69, 9.17) is 0 Å². The fourth-order valence-electron chi connectivity index (χ4n) is 11.8. The molecule has 1 aromatic heterocycles. The SMILES string of the molecule is CC1(C)c2ccccc2-c2ccc(N(c3ccccc3)c3ccc(-c4cc5c(c6c4c4ccccc4n6-c4ccccc4)-c4ccccc4C5(c4ccccc4)c4ccccc4)cc3)cc21. The highest BCUT2D eigenvalue weighted by atomic mass is 15.1. The lowest BCUT2D eigenvalue weighted by Gasteiger charge is -2.34. The van der Waals surface area contributed by atoms with Gasteiger partial charge in [-0.2, -0.15) is 0 Å². The van der Waals surface area contributed by atoms with E-state index in [1.54, 1.807) is 0 Å². The molecule has 0 saturated heterocycles. The molecule has 0 atom stereocenters. The van der Waals surface area contributed by atoms with Gasteiger partial charge in [0.05, 0.1) is 16.4 Å². The summed E-state index contributed by atoms with van der Waals surface area (Å²) >= 11 is 0. The molecular formula is C64H46N2. The van der Waals surface area contributed by atoms with Crippen LogP contribution in [0.15, 0.2) is 243 Å². The summed E-state index contributed by atoms with van der Waals surface area (Å²) in [5.74, 6) is 0. The molecule has 0 radical (unpaired) electrons. The first-order valence-corrected chi connectivity index (χ1v) is 23.1. The zero-order chi connectivity index (χ0) is 44.0. The molecule has 66 heavy (non-hydrogen) atoms. The number of hydrogen-bond donors (Lipinski definition) is 0. The van der Waals surface area contributed by atoms with Crippen molar-refractivity contribution < 1.29 is 0 Å². The Morgan fingerprint density at radius 2 is 0.909 bits per heavy atom. The minimum atomic E-state index is -0.569. The Kier molecular flexibility index (Phi) is 8.51. The van der Waals surface area contributed by atoms with Crippen LogP contribution < -0.4 is 4.90 Å². The highest BCUT2D eigenvalue weighted by molar-refractivity contribution is 6.21. The third-order valence-corrected chi connectivity index (χ3v) is 14.6. The standard InChI is InChI=1S/C64H46N2/c1-63(2)55-32-18-15-29-50(55)51-40-39-49(41-57(51)63)65(46-25-11-5-12-26-46)48-37-35-43(36-38-48)54-42-58-61(62-60(54)53-31-17-20-34-59(53)66(62)47-27-13-6-14-28-47)52-30-16-19-33-56(52)64(58,44-21-7-3-8-22-44)45-23-9-4-10-24-45/h3-42H,1-2H3. The summed E-state index contributed by atoms with van der Waals surface area (Å²) in [6, 6.07) is 90.0. The molecule has 2 heteroatoms. The van der Waals surface area contributed by atoms with Gasteiger partial charge in [-0.15, -0.1) is 0 Å². The summed E-state index contributed by atoms with van der Waals surface area (Å²) < 4.78 is 2.52. The quantitative estimate of drug-likeness (QED) is 0.155. The monoisotopic (exact) mass is 842 g/mol. The summed E-state index contributed by atoms with van der Waals surface area (Å²) in [4.78, 5) is 2.41. The summed E-state index contributed by atoms with van der Waals surface area (Å²) in [5.41, 5.74) is 21.7. The minimum absolute atomic E-state index is 0.111. The van der Waals surface area contributed by atoms with Crippen molar-refractivity contribution in [3.8, 4) is 39.1 Å². The predicted molar refractivity (Wildman–Crippen MR) is 276 cm³/mol. The first-order valence-electron chi connectivity index (χ1n) is 23.1. The molecule has 13 rings (SSSR count). The lowest BCUT2D eigenvalue weighted by molar-refractivity contribution is 0.660. The Bertz CT molecular complexity index is 3600. The van der Waals surface area contributed by atoms with E-state index in [-0.39, 0.29) is 5.41 Å². The number of aromatic nitrogens is 1. The number of rotatable bonds is 7. The lowest BCUT2D eigenvalue weighted by Crippen LogP contribution is -2.28. The van der Waals surface area contributed by atoms with Crippen molar-refractivity contribution in [1.82, 2.24) is 4.57 Å². The van der Waals surface area contributed by atoms with Crippen molar-refractivity contribution in [2.75, 3.05) is 4.90 Å². The first-order chi connectivity index (χ1) is 32.5. The van der Waals surface area contributed by atoms with Crippen LogP contribution in [-0.2, 0) is 10.8 Å². The Labute approximate surface area is 386 Å². The molecule has 312 valence electrons. The molecule has 11 aromatic rings. The van der Waals surface area contributed by atoms with Gasteiger partial charge in [-0.25, -0.2) is 0 Å². The molecule has 0 unspecified atom stereocenters. The van der Waals surface area contributed by atoms with E-state index in [0.717, 1.165) is 22.7 Å². The molecule has 0 saturated carbocycles. The van der Waals surface area contributed by atoms with Crippen LogP contribution in [0.3, 0.4) is 0 Å². The number of anilines is 3. The molecule has 0 bridgehead atoms. The fourth-order valence-corrected chi connectivity index (χ4v) is 11.8. The molecule has 1 heterocycles. The van der Waals surface area contributed by atoms with E-state index in [1.165, 1.54) is 88.6 Å². The Balaban J connectivity index is 1.08. The van der Waals surface area contributed by atoms with Crippen molar-refractivity contribution in [2.45, 2.75) is 24.7 Å². The third-order valence-electron chi connectivity index (χ3n) is 14.6. The lowest BCUT2D eigenvalue weighted by atomic mass is 9.67. The van der Waals surface area contributed by atoms with Gasteiger partial charge in [-0.1, -0.05) is 196 Å². The molecule has 0 amide bonds. The second-order valence-electron chi connectivity index (χ2n) is 18.4. The van der Waals surface area contributed by atoms with Crippen LogP contribution >= 0.6 is 0 Å². The smallest absolute Gasteiger partial charge is 0.0714 e. The Morgan fingerprint density at radius 3 is 1.61 bits per heavy atom. The fraction of sp³-hybridized carbons (Fsp3) is 0.0625. The van der Waals surface area contributed by atoms with Gasteiger partial charge < -0.3 is 9.47 Å². The molecule has 0 fully saturated rings. The molecule has 2 aliphatic carbocycles. The normalized spacial score (nSPS) is 13.8. The van der Waals surface area contributed by atoms with Crippen molar-refractivity contribution in [1.29, 1.82) is 0 Å². The highest BCUT2D eigenvalue weighted by Crippen LogP contribution is 2.60. The van der Waals surface area contributed by atoms with Gasteiger partial charge in [-0.3, -0.25) is 0 Å². The van der Waals surface area contributed by atoms with Crippen molar-refractivity contribution in [3.05, 3.63) is 276 Å². The van der Waals surface area contributed by atoms with E-state index in [9.17, 15) is 0 Å². The van der Waals surface area contributed by atoms with Crippen LogP contribution in [0.2, 0.25) is 0 Å². The van der Waals surface area contributed by atoms with Gasteiger partial charge in [0.2, 0.25) is 0 Å². The summed E-state index contributed by atoms with van der Waals surface area (Å²) in [6.45, 7) is 4.72. The van der Waals surface area contributed by atoms with Crippen LogP contribution in [-0.4, -0.2) is 4.57 Å². The van der Waals surface area contributed by atoms with Gasteiger partial charge in [0.25, 0.3) is 0 Å². The van der Waals surface area contributed by atoms with Gasteiger partial charge in [-0.05, 0) is 122 Å². The van der Waals surface area contributed by atoms with Gasteiger partial charge in [0.1, 0.15) is 0 Å². The van der Waals surface area contributed by atoms with Crippen molar-refractivity contribution in [3.63, 3.8) is 0 Å². The molecule has 0 spiro atoms. The topological polar surface area (TPSA) is 8.17 Å². The van der Waals surface area contributed by atoms with Gasteiger partial charge >= 0.3 is 0 Å². The Hall–Kier alpha value is -8.20. The molecule has 0 aliphatic heterocycles. The van der Waals surface area contributed by atoms with Gasteiger partial charge in [0, 0.05) is 44.5 Å². The van der Waals surface area contributed by atoms with E-state index in [2.05, 4.69) is 266 Å². The molecule has 2 aliphatic rings. The van der Waals surface area contributed by atoms with E-state index >= 15 is 0 Å². The zero-order valence-electron chi connectivity index (χ0n) is 37.0. The number of benzene rings is 10. The summed E-state index contributed by atoms with van der Waals surface area (Å²) in [5, 5.41) is 2.49. The average molecular weight is 843 g/mol.